The van der Waals surface area contributed by atoms with Gasteiger partial charge in [0.1, 0.15) is 5.82 Å². The second kappa shape index (κ2) is 5.34. The van der Waals surface area contributed by atoms with Crippen molar-refractivity contribution in [1.29, 1.82) is 0 Å². The average Bonchev–Trinajstić information content (AvgIpc) is 2.32. The Kier molecular flexibility index (Phi) is 4.32. The number of aromatic nitrogens is 1. The number of nitrogens with two attached hydrogens (primary N) is 1. The van der Waals surface area contributed by atoms with Crippen LogP contribution in [0.25, 0.3) is 10.9 Å². The Bertz CT molecular complexity index is 489. The van der Waals surface area contributed by atoms with Gasteiger partial charge in [0.25, 0.3) is 0 Å². The molecule has 0 fully saturated rings. The standard InChI is InChI=1S/C13H17N3.ClH/c1-4-10-7-11-8(2)5-6-9(3)12(11)15-13(10)16-14;/h5-7H,4,14H2,1-3H3,(H,15,16);1H. The number of fused-ring (bicyclic) bond motifs is 1. The lowest BCUT2D eigenvalue weighted by Gasteiger charge is -2.11. The van der Waals surface area contributed by atoms with Gasteiger partial charge in [-0.3, -0.25) is 0 Å². The van der Waals surface area contributed by atoms with Gasteiger partial charge >= 0.3 is 0 Å². The number of hydrogen-bond acceptors (Lipinski definition) is 3. The lowest BCUT2D eigenvalue weighted by atomic mass is 10.0. The number of pyridine rings is 1. The maximum Gasteiger partial charge on any atom is 0.143 e. The minimum Gasteiger partial charge on any atom is -0.308 e. The predicted octanol–water partition coefficient (Wildman–Crippen LogP) is 3.12. The Morgan fingerprint density at radius 3 is 2.47 bits per heavy atom. The van der Waals surface area contributed by atoms with Gasteiger partial charge in [0, 0.05) is 5.39 Å². The highest BCUT2D eigenvalue weighted by Gasteiger charge is 2.07. The number of nitrogens with one attached hydrogen (secondary N) is 1. The van der Waals surface area contributed by atoms with E-state index < -0.39 is 0 Å². The minimum atomic E-state index is 0. The Labute approximate surface area is 108 Å². The first-order valence-corrected chi connectivity index (χ1v) is 5.53. The summed E-state index contributed by atoms with van der Waals surface area (Å²) in [6.07, 6.45) is 0.926. The third-order valence-electron chi connectivity index (χ3n) is 3.00. The lowest BCUT2D eigenvalue weighted by Crippen LogP contribution is -2.11. The van der Waals surface area contributed by atoms with E-state index in [0.29, 0.717) is 0 Å². The van der Waals surface area contributed by atoms with Crippen LogP contribution in [0.5, 0.6) is 0 Å². The number of aryl methyl sites for hydroxylation is 3. The van der Waals surface area contributed by atoms with Crippen LogP contribution in [0.15, 0.2) is 18.2 Å². The summed E-state index contributed by atoms with van der Waals surface area (Å²) >= 11 is 0. The molecule has 0 amide bonds. The number of hydrazine groups is 1. The Morgan fingerprint density at radius 1 is 1.24 bits per heavy atom. The number of hydrogen-bond donors (Lipinski definition) is 2. The van der Waals surface area contributed by atoms with E-state index in [9.17, 15) is 0 Å². The summed E-state index contributed by atoms with van der Waals surface area (Å²) in [5.41, 5.74) is 7.30. The van der Waals surface area contributed by atoms with Crippen molar-refractivity contribution >= 4 is 29.1 Å². The van der Waals surface area contributed by atoms with E-state index in [1.807, 2.05) is 0 Å². The van der Waals surface area contributed by atoms with Crippen LogP contribution < -0.4 is 11.3 Å². The molecule has 4 heteroatoms. The van der Waals surface area contributed by atoms with Gasteiger partial charge < -0.3 is 5.43 Å². The molecular formula is C13H18ClN3. The van der Waals surface area contributed by atoms with Crippen molar-refractivity contribution in [1.82, 2.24) is 4.98 Å². The van der Waals surface area contributed by atoms with Gasteiger partial charge in [0.15, 0.2) is 0 Å². The van der Waals surface area contributed by atoms with E-state index in [2.05, 4.69) is 49.4 Å². The topological polar surface area (TPSA) is 50.9 Å². The first-order chi connectivity index (χ1) is 7.67. The largest absolute Gasteiger partial charge is 0.308 e. The lowest BCUT2D eigenvalue weighted by molar-refractivity contribution is 1.10. The zero-order chi connectivity index (χ0) is 11.7. The molecule has 0 atom stereocenters. The van der Waals surface area contributed by atoms with E-state index in [1.165, 1.54) is 16.5 Å². The van der Waals surface area contributed by atoms with Crippen molar-refractivity contribution in [3.8, 4) is 0 Å². The molecule has 1 heterocycles. The van der Waals surface area contributed by atoms with E-state index in [1.54, 1.807) is 0 Å². The summed E-state index contributed by atoms with van der Waals surface area (Å²) in [5, 5.41) is 1.22. The number of halogens is 1. The summed E-state index contributed by atoms with van der Waals surface area (Å²) < 4.78 is 0. The van der Waals surface area contributed by atoms with Crippen molar-refractivity contribution in [2.24, 2.45) is 5.84 Å². The predicted molar refractivity (Wildman–Crippen MR) is 75.7 cm³/mol. The number of nitrogens with zero attached hydrogens (tertiary/aromatic N) is 1. The third-order valence-corrected chi connectivity index (χ3v) is 3.00. The fourth-order valence-electron chi connectivity index (χ4n) is 1.97. The SMILES string of the molecule is CCc1cc2c(C)ccc(C)c2nc1NN.Cl. The molecule has 0 saturated heterocycles. The van der Waals surface area contributed by atoms with Crippen LogP contribution in [-0.4, -0.2) is 4.98 Å². The Balaban J connectivity index is 0.00000144. The monoisotopic (exact) mass is 251 g/mol. The van der Waals surface area contributed by atoms with E-state index >= 15 is 0 Å². The molecule has 0 radical (unpaired) electrons. The minimum absolute atomic E-state index is 0. The summed E-state index contributed by atoms with van der Waals surface area (Å²) in [5.74, 6) is 6.27. The Hall–Kier alpha value is -1.32. The van der Waals surface area contributed by atoms with Crippen LogP contribution in [0.3, 0.4) is 0 Å². The second-order valence-corrected chi connectivity index (χ2v) is 4.09. The molecule has 0 aliphatic rings. The van der Waals surface area contributed by atoms with E-state index in [-0.39, 0.29) is 12.4 Å². The van der Waals surface area contributed by atoms with Gasteiger partial charge in [-0.05, 0) is 43.0 Å². The van der Waals surface area contributed by atoms with Gasteiger partial charge in [-0.1, -0.05) is 19.1 Å². The maximum atomic E-state index is 5.49. The van der Waals surface area contributed by atoms with E-state index in [4.69, 9.17) is 5.84 Å². The average molecular weight is 252 g/mol. The molecular weight excluding hydrogens is 234 g/mol. The second-order valence-electron chi connectivity index (χ2n) is 4.09. The highest BCUT2D eigenvalue weighted by Crippen LogP contribution is 2.25. The van der Waals surface area contributed by atoms with Crippen LogP contribution in [-0.2, 0) is 6.42 Å². The van der Waals surface area contributed by atoms with Gasteiger partial charge in [0.05, 0.1) is 5.52 Å². The summed E-state index contributed by atoms with van der Waals surface area (Å²) in [6.45, 7) is 6.29. The zero-order valence-electron chi connectivity index (χ0n) is 10.4. The molecule has 3 N–H and O–H groups in total. The van der Waals surface area contributed by atoms with Gasteiger partial charge in [-0.25, -0.2) is 10.8 Å². The molecule has 17 heavy (non-hydrogen) atoms. The molecule has 2 aromatic rings. The van der Waals surface area contributed by atoms with E-state index in [0.717, 1.165) is 23.3 Å². The van der Waals surface area contributed by atoms with Crippen molar-refractivity contribution in [3.05, 3.63) is 34.9 Å². The molecule has 0 aliphatic heterocycles. The smallest absolute Gasteiger partial charge is 0.143 e. The first kappa shape index (κ1) is 13.7. The number of rotatable bonds is 2. The first-order valence-electron chi connectivity index (χ1n) is 5.53. The van der Waals surface area contributed by atoms with Crippen LogP contribution in [0.1, 0.15) is 23.6 Å². The molecule has 0 saturated carbocycles. The van der Waals surface area contributed by atoms with Crippen molar-refractivity contribution in [2.45, 2.75) is 27.2 Å². The maximum absolute atomic E-state index is 5.49. The molecule has 2 rings (SSSR count). The van der Waals surface area contributed by atoms with Crippen molar-refractivity contribution in [2.75, 3.05) is 5.43 Å². The highest BCUT2D eigenvalue weighted by molar-refractivity contribution is 5.87. The van der Waals surface area contributed by atoms with Gasteiger partial charge in [-0.15, -0.1) is 12.4 Å². The number of anilines is 1. The summed E-state index contributed by atoms with van der Waals surface area (Å²) in [4.78, 5) is 4.59. The molecule has 3 nitrogen and oxygen atoms in total. The zero-order valence-corrected chi connectivity index (χ0v) is 11.2. The molecule has 92 valence electrons. The number of nitrogen functional groups attached to an aromatic ring is 1. The van der Waals surface area contributed by atoms with Crippen LogP contribution >= 0.6 is 12.4 Å². The van der Waals surface area contributed by atoms with Crippen LogP contribution in [0.4, 0.5) is 5.82 Å². The van der Waals surface area contributed by atoms with Gasteiger partial charge in [-0.2, -0.15) is 0 Å². The quantitative estimate of drug-likeness (QED) is 0.637. The van der Waals surface area contributed by atoms with Crippen molar-refractivity contribution in [3.63, 3.8) is 0 Å². The summed E-state index contributed by atoms with van der Waals surface area (Å²) in [6, 6.07) is 6.41. The molecule has 0 spiro atoms. The van der Waals surface area contributed by atoms with Crippen molar-refractivity contribution < 1.29 is 0 Å². The number of benzene rings is 1. The molecule has 1 aromatic heterocycles. The van der Waals surface area contributed by atoms with Crippen LogP contribution in [0.2, 0.25) is 0 Å². The normalized spacial score (nSPS) is 10.1. The molecule has 0 aliphatic carbocycles. The third kappa shape index (κ3) is 2.35. The fourth-order valence-corrected chi connectivity index (χ4v) is 1.97. The molecule has 0 bridgehead atoms. The summed E-state index contributed by atoms with van der Waals surface area (Å²) in [7, 11) is 0. The fraction of sp³-hybridized carbons (Fsp3) is 0.308. The molecule has 1 aromatic carbocycles. The van der Waals surface area contributed by atoms with Gasteiger partial charge in [0.2, 0.25) is 0 Å². The van der Waals surface area contributed by atoms with Crippen LogP contribution in [0, 0.1) is 13.8 Å². The molecule has 0 unspecified atom stereocenters. The highest BCUT2D eigenvalue weighted by atomic mass is 35.5. The Morgan fingerprint density at radius 2 is 1.88 bits per heavy atom.